The number of carboxylic acid groups (broad SMARTS) is 1. The summed E-state index contributed by atoms with van der Waals surface area (Å²) in [7, 11) is 0. The van der Waals surface area contributed by atoms with Crippen molar-refractivity contribution in [2.24, 2.45) is 0 Å². The number of carbonyl (C=O) groups excluding carboxylic acids is 1. The number of ether oxygens (including phenoxy) is 2. The minimum Gasteiger partial charge on any atom is -0.501 e. The summed E-state index contributed by atoms with van der Waals surface area (Å²) in [5.74, 6) is -4.49. The Balaban J connectivity index is 1.98. The van der Waals surface area contributed by atoms with Gasteiger partial charge in [-0.25, -0.2) is 9.59 Å². The molecule has 15 heteroatoms. The summed E-state index contributed by atoms with van der Waals surface area (Å²) in [5, 5.41) is 53.5. The van der Waals surface area contributed by atoms with E-state index in [9.17, 15) is 45.1 Å². The van der Waals surface area contributed by atoms with Crippen molar-refractivity contribution < 1.29 is 44.2 Å². The molecule has 0 bridgehead atoms. The van der Waals surface area contributed by atoms with Crippen LogP contribution in [-0.2, 0) is 10.3 Å². The maximum absolute atomic E-state index is 13.0. The summed E-state index contributed by atoms with van der Waals surface area (Å²) in [6.45, 7) is 0. The highest BCUT2D eigenvalue weighted by Gasteiger charge is 2.56. The van der Waals surface area contributed by atoms with E-state index in [2.05, 4.69) is 31.9 Å². The Morgan fingerprint density at radius 3 is 1.83 bits per heavy atom. The van der Waals surface area contributed by atoms with Gasteiger partial charge in [-0.2, -0.15) is 0 Å². The minimum absolute atomic E-state index is 0.00192. The van der Waals surface area contributed by atoms with E-state index < -0.39 is 50.3 Å². The molecule has 13 nitrogen and oxygen atoms in total. The van der Waals surface area contributed by atoms with E-state index in [0.29, 0.717) is 0 Å². The standard InChI is InChI=1S/C21H8Br2N2O11/c22-13-15(26)11(24(31)32)4-9-17(13)35-18-10(5-12(25(33)34)16(27)14(18)23)21(9)8-2-1-6(19(28)29)3-7(8)20(30)36-21/h1-5,26-27H,(H,28,29). The van der Waals surface area contributed by atoms with Gasteiger partial charge in [-0.05, 0) is 44.0 Å². The van der Waals surface area contributed by atoms with Gasteiger partial charge < -0.3 is 24.8 Å². The highest BCUT2D eigenvalue weighted by Crippen LogP contribution is 2.63. The van der Waals surface area contributed by atoms with Crippen LogP contribution in [0.15, 0.2) is 39.3 Å². The number of nitrogens with zero attached hydrogens (tertiary/aromatic N) is 2. The molecule has 0 amide bonds. The first-order valence-corrected chi connectivity index (χ1v) is 11.2. The maximum atomic E-state index is 13.0. The van der Waals surface area contributed by atoms with Crippen molar-refractivity contribution in [1.29, 1.82) is 0 Å². The summed E-state index contributed by atoms with van der Waals surface area (Å²) in [6, 6.07) is 5.21. The third kappa shape index (κ3) is 2.92. The van der Waals surface area contributed by atoms with Crippen LogP contribution in [0.2, 0.25) is 0 Å². The second-order valence-corrected chi connectivity index (χ2v) is 9.21. The zero-order chi connectivity index (χ0) is 26.3. The Labute approximate surface area is 215 Å². The molecule has 0 atom stereocenters. The molecule has 0 fully saturated rings. The van der Waals surface area contributed by atoms with Crippen molar-refractivity contribution in [2.45, 2.75) is 5.60 Å². The molecule has 3 aromatic rings. The van der Waals surface area contributed by atoms with Crippen LogP contribution in [0.25, 0.3) is 0 Å². The van der Waals surface area contributed by atoms with Crippen molar-refractivity contribution >= 4 is 55.2 Å². The molecule has 2 aliphatic rings. The average Bonchev–Trinajstić information content (AvgIpc) is 3.11. The normalized spacial score (nSPS) is 14.3. The van der Waals surface area contributed by atoms with Crippen LogP contribution in [0.1, 0.15) is 37.4 Å². The lowest BCUT2D eigenvalue weighted by atomic mass is 9.77. The van der Waals surface area contributed by atoms with E-state index in [1.54, 1.807) is 0 Å². The first-order valence-electron chi connectivity index (χ1n) is 9.59. The summed E-state index contributed by atoms with van der Waals surface area (Å²) in [4.78, 5) is 46.0. The number of phenols is 2. The molecule has 0 aliphatic carbocycles. The number of aromatic carboxylic acids is 1. The van der Waals surface area contributed by atoms with Gasteiger partial charge in [0.05, 0.1) is 32.1 Å². The first-order chi connectivity index (χ1) is 16.9. The third-order valence-corrected chi connectivity index (χ3v) is 7.29. The second-order valence-electron chi connectivity index (χ2n) is 7.62. The van der Waals surface area contributed by atoms with E-state index in [1.165, 1.54) is 6.07 Å². The topological polar surface area (TPSA) is 200 Å². The highest BCUT2D eigenvalue weighted by molar-refractivity contribution is 9.11. The van der Waals surface area contributed by atoms with Crippen molar-refractivity contribution in [2.75, 3.05) is 0 Å². The number of halogens is 2. The lowest BCUT2D eigenvalue weighted by Gasteiger charge is -2.37. The predicted octanol–water partition coefficient (Wildman–Crippen LogP) is 4.71. The molecule has 0 saturated carbocycles. The number of hydrogen-bond donors (Lipinski definition) is 3. The van der Waals surface area contributed by atoms with Crippen LogP contribution in [-0.4, -0.2) is 37.1 Å². The van der Waals surface area contributed by atoms with Crippen LogP contribution in [0, 0.1) is 20.2 Å². The Kier molecular flexibility index (Phi) is 4.98. The van der Waals surface area contributed by atoms with E-state index >= 15 is 0 Å². The van der Waals surface area contributed by atoms with Crippen LogP contribution in [0.5, 0.6) is 23.0 Å². The Hall–Kier alpha value is -4.24. The number of nitro benzene ring substituents is 2. The fraction of sp³-hybridized carbons (Fsp3) is 0.0476. The Morgan fingerprint density at radius 1 is 0.889 bits per heavy atom. The fourth-order valence-corrected chi connectivity index (χ4v) is 5.26. The number of aromatic hydroxyl groups is 2. The van der Waals surface area contributed by atoms with E-state index in [0.717, 1.165) is 24.3 Å². The third-order valence-electron chi connectivity index (χ3n) is 5.82. The number of hydrogen-bond acceptors (Lipinski definition) is 10. The number of fused-ring (bicyclic) bond motifs is 6. The zero-order valence-corrected chi connectivity index (χ0v) is 20.3. The molecule has 0 saturated heterocycles. The lowest BCUT2D eigenvalue weighted by Crippen LogP contribution is -2.33. The van der Waals surface area contributed by atoms with Gasteiger partial charge in [-0.15, -0.1) is 0 Å². The van der Waals surface area contributed by atoms with Crippen LogP contribution >= 0.6 is 31.9 Å². The number of phenolic OH excluding ortho intramolecular Hbond substituents is 2. The molecule has 182 valence electrons. The fourth-order valence-electron chi connectivity index (χ4n) is 4.27. The molecular formula is C21H8Br2N2O11. The van der Waals surface area contributed by atoms with Gasteiger partial charge >= 0.3 is 23.3 Å². The molecule has 3 aromatic carbocycles. The maximum Gasteiger partial charge on any atom is 0.340 e. The molecule has 0 radical (unpaired) electrons. The predicted molar refractivity (Wildman–Crippen MR) is 124 cm³/mol. The Morgan fingerprint density at radius 2 is 1.39 bits per heavy atom. The van der Waals surface area contributed by atoms with Gasteiger partial charge in [0.2, 0.25) is 11.5 Å². The number of carbonyl (C=O) groups is 2. The minimum atomic E-state index is -2.12. The largest absolute Gasteiger partial charge is 0.501 e. The summed E-state index contributed by atoms with van der Waals surface area (Å²) in [6.07, 6.45) is 0. The summed E-state index contributed by atoms with van der Waals surface area (Å²) in [5.41, 5.74) is -4.56. The monoisotopic (exact) mass is 622 g/mol. The van der Waals surface area contributed by atoms with Gasteiger partial charge in [0, 0.05) is 17.7 Å². The van der Waals surface area contributed by atoms with Gasteiger partial charge in [0.15, 0.2) is 17.1 Å². The molecule has 3 N–H and O–H groups in total. The number of esters is 1. The van der Waals surface area contributed by atoms with Gasteiger partial charge in [0.1, 0.15) is 8.95 Å². The van der Waals surface area contributed by atoms with E-state index in [1.807, 2.05) is 0 Å². The van der Waals surface area contributed by atoms with Crippen molar-refractivity contribution in [3.05, 3.63) is 87.3 Å². The SMILES string of the molecule is O=C(O)c1ccc2c(c1)C(=O)OC21c2cc([N+](=O)[O-])c(O)c(Br)c2Oc2c1cc([N+](=O)[O-])c(O)c2Br. The second kappa shape index (κ2) is 7.63. The number of carboxylic acids is 1. The molecule has 0 unspecified atom stereocenters. The highest BCUT2D eigenvalue weighted by atomic mass is 79.9. The molecular weight excluding hydrogens is 616 g/mol. The number of benzene rings is 3. The zero-order valence-electron chi connectivity index (χ0n) is 17.1. The lowest BCUT2D eigenvalue weighted by molar-refractivity contribution is -0.386. The number of nitro groups is 2. The molecule has 0 aromatic heterocycles. The molecule has 2 aliphatic heterocycles. The Bertz CT molecular complexity index is 1530. The molecule has 5 rings (SSSR count). The summed E-state index contributed by atoms with van der Waals surface area (Å²) >= 11 is 6.10. The smallest absolute Gasteiger partial charge is 0.340 e. The summed E-state index contributed by atoms with van der Waals surface area (Å²) < 4.78 is 11.0. The van der Waals surface area contributed by atoms with Crippen molar-refractivity contribution in [3.63, 3.8) is 0 Å². The molecule has 1 spiro atoms. The van der Waals surface area contributed by atoms with Crippen LogP contribution < -0.4 is 4.74 Å². The average molecular weight is 624 g/mol. The van der Waals surface area contributed by atoms with Crippen LogP contribution in [0.3, 0.4) is 0 Å². The molecule has 2 heterocycles. The van der Waals surface area contributed by atoms with E-state index in [-0.39, 0.29) is 48.3 Å². The van der Waals surface area contributed by atoms with E-state index in [4.69, 9.17) is 9.47 Å². The van der Waals surface area contributed by atoms with Crippen molar-refractivity contribution in [3.8, 4) is 23.0 Å². The van der Waals surface area contributed by atoms with Gasteiger partial charge in [0.25, 0.3) is 0 Å². The van der Waals surface area contributed by atoms with Crippen molar-refractivity contribution in [1.82, 2.24) is 0 Å². The first kappa shape index (κ1) is 23.5. The number of rotatable bonds is 3. The van der Waals surface area contributed by atoms with Crippen LogP contribution in [0.4, 0.5) is 11.4 Å². The van der Waals surface area contributed by atoms with Gasteiger partial charge in [-0.3, -0.25) is 20.2 Å². The quantitative estimate of drug-likeness (QED) is 0.207. The van der Waals surface area contributed by atoms with Gasteiger partial charge in [-0.1, -0.05) is 6.07 Å². The molecule has 36 heavy (non-hydrogen) atoms.